The van der Waals surface area contributed by atoms with Crippen LogP contribution in [0.5, 0.6) is 0 Å². The second kappa shape index (κ2) is 5.58. The van der Waals surface area contributed by atoms with Crippen LogP contribution in [0.2, 0.25) is 0 Å². The summed E-state index contributed by atoms with van der Waals surface area (Å²) < 4.78 is 13.4. The predicted octanol–water partition coefficient (Wildman–Crippen LogP) is 0.289. The van der Waals surface area contributed by atoms with Crippen molar-refractivity contribution in [1.82, 2.24) is 5.32 Å². The first kappa shape index (κ1) is 12.6. The molecular formula is C11H16FN3O. The normalized spacial score (nSPS) is 14.4. The van der Waals surface area contributed by atoms with Crippen LogP contribution >= 0.6 is 0 Å². The third kappa shape index (κ3) is 3.29. The lowest BCUT2D eigenvalue weighted by atomic mass is 10.1. The van der Waals surface area contributed by atoms with Crippen LogP contribution in [-0.4, -0.2) is 18.5 Å². The van der Waals surface area contributed by atoms with E-state index in [-0.39, 0.29) is 18.4 Å². The number of hydrogen-bond acceptors (Lipinski definition) is 3. The molecule has 5 heteroatoms. The molecule has 1 rings (SSSR count). The number of nitrogens with one attached hydrogen (secondary N) is 1. The van der Waals surface area contributed by atoms with Gasteiger partial charge in [0.25, 0.3) is 0 Å². The second-order valence-electron chi connectivity index (χ2n) is 3.66. The number of nitrogens with two attached hydrogens (primary N) is 2. The Balaban J connectivity index is 2.56. The second-order valence-corrected chi connectivity index (χ2v) is 3.66. The SMILES string of the molecule is C[C@@H](NCC(N)C(N)=O)c1ccccc1F. The van der Waals surface area contributed by atoms with Crippen molar-refractivity contribution >= 4 is 5.91 Å². The van der Waals surface area contributed by atoms with Gasteiger partial charge in [-0.25, -0.2) is 4.39 Å². The zero-order valence-corrected chi connectivity index (χ0v) is 9.11. The highest BCUT2D eigenvalue weighted by molar-refractivity contribution is 5.79. The van der Waals surface area contributed by atoms with Crippen molar-refractivity contribution in [1.29, 1.82) is 0 Å². The summed E-state index contributed by atoms with van der Waals surface area (Å²) in [4.78, 5) is 10.7. The summed E-state index contributed by atoms with van der Waals surface area (Å²) in [5, 5.41) is 2.96. The van der Waals surface area contributed by atoms with E-state index in [2.05, 4.69) is 5.32 Å². The first-order chi connectivity index (χ1) is 7.52. The Labute approximate surface area is 93.8 Å². The average Bonchev–Trinajstić information content (AvgIpc) is 2.25. The smallest absolute Gasteiger partial charge is 0.235 e. The first-order valence-electron chi connectivity index (χ1n) is 5.05. The summed E-state index contributed by atoms with van der Waals surface area (Å²) in [5.41, 5.74) is 11.0. The summed E-state index contributed by atoms with van der Waals surface area (Å²) >= 11 is 0. The number of primary amides is 1. The van der Waals surface area contributed by atoms with Crippen LogP contribution in [0.4, 0.5) is 4.39 Å². The van der Waals surface area contributed by atoms with Gasteiger partial charge in [0.1, 0.15) is 5.82 Å². The number of halogens is 1. The van der Waals surface area contributed by atoms with Crippen LogP contribution in [0.1, 0.15) is 18.5 Å². The minimum absolute atomic E-state index is 0.216. The molecular weight excluding hydrogens is 209 g/mol. The molecule has 0 aliphatic heterocycles. The molecule has 0 heterocycles. The molecule has 1 aromatic carbocycles. The molecule has 88 valence electrons. The molecule has 0 aliphatic rings. The van der Waals surface area contributed by atoms with Crippen molar-refractivity contribution in [3.63, 3.8) is 0 Å². The zero-order valence-electron chi connectivity index (χ0n) is 9.11. The van der Waals surface area contributed by atoms with Crippen LogP contribution < -0.4 is 16.8 Å². The van der Waals surface area contributed by atoms with Gasteiger partial charge in [0.05, 0.1) is 6.04 Å². The molecule has 2 atom stereocenters. The maximum Gasteiger partial charge on any atom is 0.235 e. The molecule has 0 spiro atoms. The molecule has 0 fully saturated rings. The van der Waals surface area contributed by atoms with Crippen molar-refractivity contribution < 1.29 is 9.18 Å². The van der Waals surface area contributed by atoms with Crippen LogP contribution in [0.3, 0.4) is 0 Å². The number of hydrogen-bond donors (Lipinski definition) is 3. The summed E-state index contributed by atoms with van der Waals surface area (Å²) in [6.07, 6.45) is 0. The average molecular weight is 225 g/mol. The van der Waals surface area contributed by atoms with Crippen molar-refractivity contribution in [3.05, 3.63) is 35.6 Å². The molecule has 0 bridgehead atoms. The fourth-order valence-electron chi connectivity index (χ4n) is 1.34. The summed E-state index contributed by atoms with van der Waals surface area (Å²) in [7, 11) is 0. The summed E-state index contributed by atoms with van der Waals surface area (Å²) in [6, 6.07) is 5.48. The van der Waals surface area contributed by atoms with Gasteiger partial charge in [-0.15, -0.1) is 0 Å². The third-order valence-corrected chi connectivity index (χ3v) is 2.38. The largest absolute Gasteiger partial charge is 0.368 e. The van der Waals surface area contributed by atoms with E-state index in [0.717, 1.165) is 0 Å². The van der Waals surface area contributed by atoms with Gasteiger partial charge in [-0.2, -0.15) is 0 Å². The van der Waals surface area contributed by atoms with E-state index in [1.807, 2.05) is 0 Å². The Hall–Kier alpha value is -1.46. The molecule has 1 unspecified atom stereocenters. The molecule has 0 saturated heterocycles. The Morgan fingerprint density at radius 2 is 2.12 bits per heavy atom. The van der Waals surface area contributed by atoms with Gasteiger partial charge >= 0.3 is 0 Å². The first-order valence-corrected chi connectivity index (χ1v) is 5.05. The maximum absolute atomic E-state index is 13.4. The van der Waals surface area contributed by atoms with Crippen LogP contribution in [0.25, 0.3) is 0 Å². The highest BCUT2D eigenvalue weighted by Gasteiger charge is 2.13. The van der Waals surface area contributed by atoms with Crippen molar-refractivity contribution in [3.8, 4) is 0 Å². The van der Waals surface area contributed by atoms with E-state index >= 15 is 0 Å². The van der Waals surface area contributed by atoms with Crippen LogP contribution in [0.15, 0.2) is 24.3 Å². The van der Waals surface area contributed by atoms with Gasteiger partial charge in [0.15, 0.2) is 0 Å². The Bertz CT molecular complexity index is 370. The zero-order chi connectivity index (χ0) is 12.1. The fraction of sp³-hybridized carbons (Fsp3) is 0.364. The number of carbonyl (C=O) groups is 1. The molecule has 0 aliphatic carbocycles. The summed E-state index contributed by atoms with van der Waals surface area (Å²) in [5.74, 6) is -0.858. The van der Waals surface area contributed by atoms with Gasteiger partial charge in [0.2, 0.25) is 5.91 Å². The van der Waals surface area contributed by atoms with Gasteiger partial charge < -0.3 is 16.8 Å². The Kier molecular flexibility index (Phi) is 4.39. The van der Waals surface area contributed by atoms with Gasteiger partial charge in [0, 0.05) is 18.2 Å². The van der Waals surface area contributed by atoms with Gasteiger partial charge in [-0.3, -0.25) is 4.79 Å². The lowest BCUT2D eigenvalue weighted by Crippen LogP contribution is -2.44. The van der Waals surface area contributed by atoms with Crippen molar-refractivity contribution in [2.45, 2.75) is 19.0 Å². The standard InChI is InChI=1S/C11H16FN3O/c1-7(15-6-10(13)11(14)16)8-4-2-3-5-9(8)12/h2-5,7,10,15H,6,13H2,1H3,(H2,14,16)/t7-,10?/m1/s1. The van der Waals surface area contributed by atoms with Crippen LogP contribution in [0, 0.1) is 5.82 Å². The highest BCUT2D eigenvalue weighted by atomic mass is 19.1. The van der Waals surface area contributed by atoms with E-state index in [1.54, 1.807) is 25.1 Å². The minimum Gasteiger partial charge on any atom is -0.368 e. The minimum atomic E-state index is -0.755. The van der Waals surface area contributed by atoms with Gasteiger partial charge in [-0.1, -0.05) is 18.2 Å². The topological polar surface area (TPSA) is 81.1 Å². The number of amides is 1. The Morgan fingerprint density at radius 1 is 1.50 bits per heavy atom. The molecule has 16 heavy (non-hydrogen) atoms. The van der Waals surface area contributed by atoms with Gasteiger partial charge in [-0.05, 0) is 13.0 Å². The fourth-order valence-corrected chi connectivity index (χ4v) is 1.34. The molecule has 0 radical (unpaired) electrons. The lowest BCUT2D eigenvalue weighted by Gasteiger charge is -2.16. The summed E-state index contributed by atoms with van der Waals surface area (Å²) in [6.45, 7) is 2.02. The molecule has 0 saturated carbocycles. The van der Waals surface area contributed by atoms with E-state index in [9.17, 15) is 9.18 Å². The molecule has 1 amide bonds. The maximum atomic E-state index is 13.4. The van der Waals surface area contributed by atoms with Crippen LogP contribution in [-0.2, 0) is 4.79 Å². The number of carbonyl (C=O) groups excluding carboxylic acids is 1. The van der Waals surface area contributed by atoms with E-state index < -0.39 is 11.9 Å². The quantitative estimate of drug-likeness (QED) is 0.673. The van der Waals surface area contributed by atoms with E-state index in [4.69, 9.17) is 11.5 Å². The monoisotopic (exact) mass is 225 g/mol. The van der Waals surface area contributed by atoms with Crippen molar-refractivity contribution in [2.75, 3.05) is 6.54 Å². The van der Waals surface area contributed by atoms with E-state index in [1.165, 1.54) is 6.07 Å². The van der Waals surface area contributed by atoms with Crippen molar-refractivity contribution in [2.24, 2.45) is 11.5 Å². The number of benzene rings is 1. The molecule has 0 aromatic heterocycles. The molecule has 1 aromatic rings. The number of rotatable bonds is 5. The third-order valence-electron chi connectivity index (χ3n) is 2.38. The lowest BCUT2D eigenvalue weighted by molar-refractivity contribution is -0.119. The predicted molar refractivity (Wildman–Crippen MR) is 60.0 cm³/mol. The molecule has 4 nitrogen and oxygen atoms in total. The molecule has 5 N–H and O–H groups in total. The van der Waals surface area contributed by atoms with E-state index in [0.29, 0.717) is 5.56 Å². The highest BCUT2D eigenvalue weighted by Crippen LogP contribution is 2.15. The Morgan fingerprint density at radius 3 is 2.69 bits per heavy atom.